The fourth-order valence-corrected chi connectivity index (χ4v) is 2.74. The van der Waals surface area contributed by atoms with Gasteiger partial charge >= 0.3 is 0 Å². The van der Waals surface area contributed by atoms with Crippen molar-refractivity contribution in [3.63, 3.8) is 0 Å². The first-order chi connectivity index (χ1) is 13.0. The van der Waals surface area contributed by atoms with E-state index in [2.05, 4.69) is 15.6 Å². The summed E-state index contributed by atoms with van der Waals surface area (Å²) in [6.07, 6.45) is 1.61. The number of nitrogens with one attached hydrogen (secondary N) is 2. The van der Waals surface area contributed by atoms with Crippen molar-refractivity contribution >= 4 is 34.6 Å². The normalized spacial score (nSPS) is 10.3. The maximum absolute atomic E-state index is 12.5. The summed E-state index contributed by atoms with van der Waals surface area (Å²) >= 11 is 6.17. The molecule has 2 aromatic carbocycles. The topological polar surface area (TPSA) is 57.3 Å². The minimum atomic E-state index is -0.256. The minimum absolute atomic E-state index is 0.256. The number of nitrogens with zero attached hydrogens (tertiary/aromatic N) is 2. The fraction of sp³-hybridized carbons (Fsp3) is 0.143. The van der Waals surface area contributed by atoms with E-state index in [-0.39, 0.29) is 5.91 Å². The number of hydrogen-bond donors (Lipinski definition) is 2. The summed E-state index contributed by atoms with van der Waals surface area (Å²) in [6.45, 7) is 0.566. The first-order valence-electron chi connectivity index (χ1n) is 8.55. The third-order valence-corrected chi connectivity index (χ3v) is 4.44. The van der Waals surface area contributed by atoms with Crippen molar-refractivity contribution in [2.45, 2.75) is 6.54 Å². The fourth-order valence-electron chi connectivity index (χ4n) is 2.54. The van der Waals surface area contributed by atoms with Gasteiger partial charge in [-0.1, -0.05) is 29.8 Å². The van der Waals surface area contributed by atoms with Crippen LogP contribution in [-0.2, 0) is 6.54 Å². The van der Waals surface area contributed by atoms with Crippen LogP contribution in [0.15, 0.2) is 66.9 Å². The van der Waals surface area contributed by atoms with Gasteiger partial charge in [0.2, 0.25) is 0 Å². The SMILES string of the molecule is CN(C)c1ccc(NC(=O)c2cc(NCc3ccccc3Cl)ccn2)cc1. The first kappa shape index (κ1) is 18.7. The lowest BCUT2D eigenvalue weighted by Crippen LogP contribution is -2.14. The maximum atomic E-state index is 12.5. The molecule has 3 rings (SSSR count). The van der Waals surface area contributed by atoms with Crippen molar-refractivity contribution < 1.29 is 4.79 Å². The second kappa shape index (κ2) is 8.56. The molecular weight excluding hydrogens is 360 g/mol. The monoisotopic (exact) mass is 380 g/mol. The smallest absolute Gasteiger partial charge is 0.274 e. The molecule has 27 heavy (non-hydrogen) atoms. The summed E-state index contributed by atoms with van der Waals surface area (Å²) in [6, 6.07) is 18.8. The van der Waals surface area contributed by atoms with Gasteiger partial charge in [0.25, 0.3) is 5.91 Å². The molecule has 0 aliphatic carbocycles. The first-order valence-corrected chi connectivity index (χ1v) is 8.93. The Kier molecular flexibility index (Phi) is 5.94. The number of rotatable bonds is 6. The molecule has 0 aliphatic heterocycles. The molecule has 2 N–H and O–H groups in total. The summed E-state index contributed by atoms with van der Waals surface area (Å²) in [5.41, 5.74) is 3.93. The molecule has 0 aliphatic rings. The van der Waals surface area contributed by atoms with E-state index in [1.54, 1.807) is 12.3 Å². The highest BCUT2D eigenvalue weighted by molar-refractivity contribution is 6.31. The zero-order valence-electron chi connectivity index (χ0n) is 15.2. The maximum Gasteiger partial charge on any atom is 0.274 e. The Labute approximate surface area is 164 Å². The van der Waals surface area contributed by atoms with Gasteiger partial charge in [0, 0.05) is 48.9 Å². The van der Waals surface area contributed by atoms with Gasteiger partial charge in [0.15, 0.2) is 0 Å². The van der Waals surface area contributed by atoms with Crippen LogP contribution in [-0.4, -0.2) is 25.0 Å². The van der Waals surface area contributed by atoms with Gasteiger partial charge in [-0.05, 0) is 48.0 Å². The molecule has 6 heteroatoms. The van der Waals surface area contributed by atoms with E-state index in [0.717, 1.165) is 22.6 Å². The Bertz CT molecular complexity index is 925. The third kappa shape index (κ3) is 4.99. The molecule has 1 heterocycles. The summed E-state index contributed by atoms with van der Waals surface area (Å²) in [5, 5.41) is 6.84. The predicted molar refractivity (Wildman–Crippen MR) is 112 cm³/mol. The Hall–Kier alpha value is -3.05. The molecule has 3 aromatic rings. The van der Waals surface area contributed by atoms with Gasteiger partial charge in [0.1, 0.15) is 5.69 Å². The number of amides is 1. The largest absolute Gasteiger partial charge is 0.381 e. The van der Waals surface area contributed by atoms with Crippen LogP contribution >= 0.6 is 11.6 Å². The zero-order chi connectivity index (χ0) is 19.2. The van der Waals surface area contributed by atoms with E-state index in [1.807, 2.05) is 73.6 Å². The molecule has 0 saturated heterocycles. The van der Waals surface area contributed by atoms with Crippen molar-refractivity contribution in [2.75, 3.05) is 29.6 Å². The number of carbonyl (C=O) groups excluding carboxylic acids is 1. The lowest BCUT2D eigenvalue weighted by molar-refractivity contribution is 0.102. The number of halogens is 1. The molecular formula is C21H21ClN4O. The second-order valence-corrected chi connectivity index (χ2v) is 6.68. The van der Waals surface area contributed by atoms with Crippen molar-refractivity contribution in [3.8, 4) is 0 Å². The van der Waals surface area contributed by atoms with Crippen LogP contribution in [0.2, 0.25) is 5.02 Å². The lowest BCUT2D eigenvalue weighted by atomic mass is 10.2. The number of carbonyl (C=O) groups is 1. The lowest BCUT2D eigenvalue weighted by Gasteiger charge is -2.13. The average Bonchev–Trinajstić information content (AvgIpc) is 2.68. The third-order valence-electron chi connectivity index (χ3n) is 4.07. The molecule has 0 spiro atoms. The molecule has 0 atom stereocenters. The predicted octanol–water partition coefficient (Wildman–Crippen LogP) is 4.67. The van der Waals surface area contributed by atoms with E-state index in [9.17, 15) is 4.79 Å². The summed E-state index contributed by atoms with van der Waals surface area (Å²) < 4.78 is 0. The molecule has 1 aromatic heterocycles. The minimum Gasteiger partial charge on any atom is -0.381 e. The molecule has 0 bridgehead atoms. The van der Waals surface area contributed by atoms with Crippen LogP contribution in [0.4, 0.5) is 17.1 Å². The quantitative estimate of drug-likeness (QED) is 0.652. The molecule has 0 unspecified atom stereocenters. The van der Waals surface area contributed by atoms with Crippen molar-refractivity contribution in [1.82, 2.24) is 4.98 Å². The second-order valence-electron chi connectivity index (χ2n) is 6.27. The average molecular weight is 381 g/mol. The van der Waals surface area contributed by atoms with Crippen molar-refractivity contribution in [3.05, 3.63) is 83.1 Å². The summed E-state index contributed by atoms with van der Waals surface area (Å²) in [7, 11) is 3.94. The van der Waals surface area contributed by atoms with E-state index < -0.39 is 0 Å². The van der Waals surface area contributed by atoms with Crippen molar-refractivity contribution in [1.29, 1.82) is 0 Å². The number of anilines is 3. The molecule has 0 saturated carbocycles. The van der Waals surface area contributed by atoms with Crippen LogP contribution in [0.3, 0.4) is 0 Å². The van der Waals surface area contributed by atoms with E-state index >= 15 is 0 Å². The number of hydrogen-bond acceptors (Lipinski definition) is 4. The molecule has 0 fully saturated rings. The van der Waals surface area contributed by atoms with Crippen LogP contribution in [0.1, 0.15) is 16.1 Å². The van der Waals surface area contributed by atoms with Gasteiger partial charge < -0.3 is 15.5 Å². The highest BCUT2D eigenvalue weighted by Crippen LogP contribution is 2.19. The van der Waals surface area contributed by atoms with Gasteiger partial charge in [0.05, 0.1) is 0 Å². The van der Waals surface area contributed by atoms with Gasteiger partial charge in [-0.2, -0.15) is 0 Å². The van der Waals surface area contributed by atoms with Gasteiger partial charge in [-0.3, -0.25) is 9.78 Å². The van der Waals surface area contributed by atoms with Crippen LogP contribution < -0.4 is 15.5 Å². The number of pyridine rings is 1. The zero-order valence-corrected chi connectivity index (χ0v) is 16.0. The summed E-state index contributed by atoms with van der Waals surface area (Å²) in [5.74, 6) is -0.256. The Morgan fingerprint density at radius 3 is 2.48 bits per heavy atom. The highest BCUT2D eigenvalue weighted by Gasteiger charge is 2.09. The summed E-state index contributed by atoms with van der Waals surface area (Å²) in [4.78, 5) is 18.6. The van der Waals surface area contributed by atoms with Crippen LogP contribution in [0.5, 0.6) is 0 Å². The van der Waals surface area contributed by atoms with Crippen molar-refractivity contribution in [2.24, 2.45) is 0 Å². The molecule has 0 radical (unpaired) electrons. The highest BCUT2D eigenvalue weighted by atomic mass is 35.5. The molecule has 1 amide bonds. The van der Waals surface area contributed by atoms with Gasteiger partial charge in [-0.15, -0.1) is 0 Å². The van der Waals surface area contributed by atoms with Crippen LogP contribution in [0, 0.1) is 0 Å². The Morgan fingerprint density at radius 1 is 1.04 bits per heavy atom. The number of benzene rings is 2. The standard InChI is InChI=1S/C21H21ClN4O/c1-26(2)18-9-7-16(8-10-18)25-21(27)20-13-17(11-12-23-20)24-14-15-5-3-4-6-19(15)22/h3-13H,14H2,1-2H3,(H,23,24)(H,25,27). The van der Waals surface area contributed by atoms with E-state index in [4.69, 9.17) is 11.6 Å². The van der Waals surface area contributed by atoms with Crippen LogP contribution in [0.25, 0.3) is 0 Å². The van der Waals surface area contributed by atoms with Gasteiger partial charge in [-0.25, -0.2) is 0 Å². The molecule has 5 nitrogen and oxygen atoms in total. The van der Waals surface area contributed by atoms with E-state index in [0.29, 0.717) is 17.3 Å². The molecule has 138 valence electrons. The van der Waals surface area contributed by atoms with E-state index in [1.165, 1.54) is 0 Å². The number of aromatic nitrogens is 1. The Balaban J connectivity index is 1.65. The Morgan fingerprint density at radius 2 is 1.78 bits per heavy atom.